The lowest BCUT2D eigenvalue weighted by Gasteiger charge is -2.21. The maximum atomic E-state index is 12.2. The summed E-state index contributed by atoms with van der Waals surface area (Å²) in [6.45, 7) is 1.57. The van der Waals surface area contributed by atoms with Gasteiger partial charge in [0.05, 0.1) is 28.3 Å². The van der Waals surface area contributed by atoms with E-state index in [1.165, 1.54) is 49.6 Å². The van der Waals surface area contributed by atoms with E-state index in [9.17, 15) is 51.9 Å². The number of rotatable bonds is 14. The Labute approximate surface area is 351 Å². The van der Waals surface area contributed by atoms with Crippen LogP contribution in [-0.2, 0) is 40.5 Å². The molecule has 27 heteroatoms. The third-order valence-corrected chi connectivity index (χ3v) is 11.6. The highest BCUT2D eigenvalue weighted by Gasteiger charge is 2.23. The number of azo groups is 2. The number of ether oxygens (including phenoxy) is 1. The second kappa shape index (κ2) is 17.1. The van der Waals surface area contributed by atoms with E-state index in [1.54, 1.807) is 25.1 Å². The third kappa shape index (κ3) is 10.8. The zero-order valence-corrected chi connectivity index (χ0v) is 34.9. The van der Waals surface area contributed by atoms with Gasteiger partial charge >= 0.3 is 0 Å². The first kappa shape index (κ1) is 44.5. The Kier molecular flexibility index (Phi) is 12.5. The molecule has 5 N–H and O–H groups in total. The van der Waals surface area contributed by atoms with Gasteiger partial charge in [-0.05, 0) is 90.8 Å². The second-order valence-corrected chi connectivity index (χ2v) is 18.4. The molecule has 5 aromatic carbocycles. The topological polar surface area (TPSA) is 330 Å². The number of nitrogens with zero attached hydrogens (tertiary/aromatic N) is 8. The van der Waals surface area contributed by atoms with E-state index in [0.717, 1.165) is 29.2 Å². The summed E-state index contributed by atoms with van der Waals surface area (Å²) in [7, 11) is -17.8. The first-order chi connectivity index (χ1) is 28.5. The molecule has 6 rings (SSSR count). The van der Waals surface area contributed by atoms with Crippen LogP contribution < -0.4 is 15.0 Å². The van der Waals surface area contributed by atoms with Gasteiger partial charge in [0, 0.05) is 22.1 Å². The average Bonchev–Trinajstić information content (AvgIpc) is 3.17. The molecule has 1 heterocycles. The summed E-state index contributed by atoms with van der Waals surface area (Å²) in [6, 6.07) is 19.3. The largest absolute Gasteiger partial charge is 0.494 e. The van der Waals surface area contributed by atoms with E-state index in [4.69, 9.17) is 16.3 Å². The zero-order chi connectivity index (χ0) is 44.5. The standard InChI is InChI=1S/C34H28ClN9O13S4/c1-19-14-30(57-2)28(17-27(19)41-43-29-16-22(60(51,52)53)9-13-31(29)61(54,55)56)42-40-26-12-11-25(23-10-8-21(15-24(23)26)59(48,49)50)36-33-37-32(35)38-34(39-33)44(18-58(45,46)47)20-6-4-3-5-7-20/h3-17H,18H2,1-2H3,(H,45,46,47)(H,48,49,50)(H,51,52,53)(H,54,55,56)(H,36,37,38,39). The third-order valence-electron chi connectivity index (χ3n) is 8.24. The normalized spacial score (nSPS) is 12.6. The number of methoxy groups -OCH3 is 1. The van der Waals surface area contributed by atoms with Crippen molar-refractivity contribution in [3.63, 3.8) is 0 Å². The van der Waals surface area contributed by atoms with Crippen LogP contribution in [0.5, 0.6) is 5.75 Å². The highest BCUT2D eigenvalue weighted by atomic mass is 35.5. The van der Waals surface area contributed by atoms with Crippen LogP contribution in [0.4, 0.5) is 46.0 Å². The van der Waals surface area contributed by atoms with E-state index >= 15 is 0 Å². The minimum Gasteiger partial charge on any atom is -0.494 e. The lowest BCUT2D eigenvalue weighted by molar-refractivity contribution is 0.415. The van der Waals surface area contributed by atoms with Crippen molar-refractivity contribution in [2.45, 2.75) is 21.6 Å². The van der Waals surface area contributed by atoms with E-state index in [-0.39, 0.29) is 62.1 Å². The fourth-order valence-electron chi connectivity index (χ4n) is 5.50. The summed E-state index contributed by atoms with van der Waals surface area (Å²) < 4.78 is 140. The molecule has 0 fully saturated rings. The van der Waals surface area contributed by atoms with Crippen LogP contribution in [0.2, 0.25) is 5.28 Å². The van der Waals surface area contributed by atoms with E-state index < -0.39 is 66.7 Å². The van der Waals surface area contributed by atoms with Gasteiger partial charge in [0.1, 0.15) is 22.0 Å². The van der Waals surface area contributed by atoms with Crippen LogP contribution in [0.25, 0.3) is 10.8 Å². The van der Waals surface area contributed by atoms with Crippen LogP contribution in [0.15, 0.2) is 126 Å². The molecular formula is C34H28ClN9O13S4. The van der Waals surface area contributed by atoms with Crippen LogP contribution in [0.3, 0.4) is 0 Å². The van der Waals surface area contributed by atoms with Gasteiger partial charge in [0.2, 0.25) is 17.2 Å². The van der Waals surface area contributed by atoms with Gasteiger partial charge < -0.3 is 10.1 Å². The number of nitrogens with one attached hydrogen (secondary N) is 1. The Balaban J connectivity index is 1.42. The smallest absolute Gasteiger partial charge is 0.296 e. The molecule has 0 amide bonds. The summed E-state index contributed by atoms with van der Waals surface area (Å²) >= 11 is 6.23. The average molecular weight is 934 g/mol. The van der Waals surface area contributed by atoms with E-state index in [0.29, 0.717) is 11.6 Å². The molecule has 0 radical (unpaired) electrons. The summed E-state index contributed by atoms with van der Waals surface area (Å²) in [4.78, 5) is 11.4. The van der Waals surface area contributed by atoms with Crippen molar-refractivity contribution in [3.05, 3.63) is 102 Å². The van der Waals surface area contributed by atoms with Crippen LogP contribution in [0, 0.1) is 6.92 Å². The monoisotopic (exact) mass is 933 g/mol. The van der Waals surface area contributed by atoms with Crippen LogP contribution in [-0.4, -0.2) is 79.8 Å². The maximum Gasteiger partial charge on any atom is 0.296 e. The Morgan fingerprint density at radius 2 is 1.28 bits per heavy atom. The van der Waals surface area contributed by atoms with Gasteiger partial charge in [0.25, 0.3) is 40.5 Å². The number of anilines is 4. The fraction of sp³-hybridized carbons (Fsp3) is 0.0882. The number of aryl methyl sites for hydroxylation is 1. The van der Waals surface area contributed by atoms with Crippen molar-refractivity contribution in [2.75, 3.05) is 23.2 Å². The lowest BCUT2D eigenvalue weighted by Crippen LogP contribution is -2.27. The molecule has 1 aromatic heterocycles. The SMILES string of the molecule is COc1cc(C)c(N=Nc2cc(S(=O)(=O)O)ccc2S(=O)(=O)O)cc1N=Nc1ccc(Nc2nc(Cl)nc(N(CS(=O)(=O)O)c3ccccc3)n2)c2ccc(S(=O)(=O)O)cc12. The molecule has 0 atom stereocenters. The number of para-hydroxylation sites is 1. The van der Waals surface area contributed by atoms with Crippen LogP contribution in [0.1, 0.15) is 5.56 Å². The Morgan fingerprint density at radius 3 is 1.92 bits per heavy atom. The summed E-state index contributed by atoms with van der Waals surface area (Å²) in [5, 5.41) is 19.3. The molecule has 0 unspecified atom stereocenters. The molecule has 0 saturated carbocycles. The Hall–Kier alpha value is -6.10. The summed E-state index contributed by atoms with van der Waals surface area (Å²) in [6.07, 6.45) is 0. The number of benzene rings is 5. The molecular weight excluding hydrogens is 906 g/mol. The van der Waals surface area contributed by atoms with Gasteiger partial charge in [-0.15, -0.1) is 15.3 Å². The van der Waals surface area contributed by atoms with Crippen molar-refractivity contribution < 1.29 is 56.6 Å². The van der Waals surface area contributed by atoms with Gasteiger partial charge in [-0.1, -0.05) is 24.3 Å². The first-order valence-corrected chi connectivity index (χ1v) is 22.9. The number of fused-ring (bicyclic) bond motifs is 1. The van der Waals surface area contributed by atoms with Crippen molar-refractivity contribution in [2.24, 2.45) is 20.5 Å². The molecule has 0 saturated heterocycles. The molecule has 22 nitrogen and oxygen atoms in total. The van der Waals surface area contributed by atoms with Gasteiger partial charge in [0.15, 0.2) is 5.88 Å². The fourth-order valence-corrected chi connectivity index (χ4v) is 7.86. The maximum absolute atomic E-state index is 12.2. The Bertz CT molecular complexity index is 3230. The molecule has 0 bridgehead atoms. The van der Waals surface area contributed by atoms with Crippen molar-refractivity contribution in [1.82, 2.24) is 15.0 Å². The Morgan fingerprint density at radius 1 is 0.656 bits per heavy atom. The second-order valence-electron chi connectivity index (χ2n) is 12.4. The van der Waals surface area contributed by atoms with Crippen LogP contribution >= 0.6 is 11.6 Å². The van der Waals surface area contributed by atoms with Gasteiger partial charge in [-0.25, -0.2) is 0 Å². The quantitative estimate of drug-likeness (QED) is 0.0528. The predicted octanol–water partition coefficient (Wildman–Crippen LogP) is 7.29. The number of halogens is 1. The van der Waals surface area contributed by atoms with E-state index in [2.05, 4.69) is 40.7 Å². The van der Waals surface area contributed by atoms with Gasteiger partial charge in [-0.2, -0.15) is 53.7 Å². The highest BCUT2D eigenvalue weighted by Crippen LogP contribution is 2.40. The van der Waals surface area contributed by atoms with Gasteiger partial charge in [-0.3, -0.25) is 23.1 Å². The number of hydrogen-bond donors (Lipinski definition) is 5. The lowest BCUT2D eigenvalue weighted by atomic mass is 10.1. The van der Waals surface area contributed by atoms with Crippen molar-refractivity contribution >= 4 is 109 Å². The minimum absolute atomic E-state index is 0.00486. The zero-order valence-electron chi connectivity index (χ0n) is 30.9. The molecule has 6 aromatic rings. The summed E-state index contributed by atoms with van der Waals surface area (Å²) in [5.41, 5.74) is 0.340. The predicted molar refractivity (Wildman–Crippen MR) is 219 cm³/mol. The molecule has 61 heavy (non-hydrogen) atoms. The summed E-state index contributed by atoms with van der Waals surface area (Å²) in [5.74, 6) is -1.28. The molecule has 318 valence electrons. The first-order valence-electron chi connectivity index (χ1n) is 16.6. The number of hydrogen-bond acceptors (Lipinski definition) is 18. The molecule has 0 spiro atoms. The molecule has 0 aliphatic carbocycles. The molecule has 0 aliphatic heterocycles. The van der Waals surface area contributed by atoms with Crippen molar-refractivity contribution in [1.29, 1.82) is 0 Å². The highest BCUT2D eigenvalue weighted by molar-refractivity contribution is 7.86. The van der Waals surface area contributed by atoms with Crippen molar-refractivity contribution in [3.8, 4) is 5.75 Å². The number of aromatic nitrogens is 3. The minimum atomic E-state index is -4.93. The van der Waals surface area contributed by atoms with E-state index in [1.807, 2.05) is 0 Å². The molecule has 0 aliphatic rings.